The van der Waals surface area contributed by atoms with Gasteiger partial charge in [-0.25, -0.2) is 9.97 Å². The molecule has 1 aromatic carbocycles. The third kappa shape index (κ3) is 3.71. The van der Waals surface area contributed by atoms with Crippen LogP contribution >= 0.6 is 11.8 Å². The van der Waals surface area contributed by atoms with E-state index in [4.69, 9.17) is 4.74 Å². The average Bonchev–Trinajstić information content (AvgIpc) is 2.48. The summed E-state index contributed by atoms with van der Waals surface area (Å²) in [5, 5.41) is 4.13. The lowest BCUT2D eigenvalue weighted by molar-refractivity contribution is 0.404. The number of nitrogens with one attached hydrogen (secondary N) is 1. The molecule has 0 saturated carbocycles. The number of aromatic nitrogens is 2. The Labute approximate surface area is 124 Å². The van der Waals surface area contributed by atoms with Crippen LogP contribution in [0.25, 0.3) is 0 Å². The first-order chi connectivity index (χ1) is 9.74. The van der Waals surface area contributed by atoms with Crippen LogP contribution in [0.5, 0.6) is 5.75 Å². The van der Waals surface area contributed by atoms with Gasteiger partial charge in [-0.05, 0) is 26.1 Å². The summed E-state index contributed by atoms with van der Waals surface area (Å²) in [6, 6.07) is 10.2. The van der Waals surface area contributed by atoms with Crippen molar-refractivity contribution in [2.75, 3.05) is 19.9 Å². The molecular weight excluding hydrogens is 270 g/mol. The highest BCUT2D eigenvalue weighted by Crippen LogP contribution is 2.28. The zero-order valence-corrected chi connectivity index (χ0v) is 12.8. The minimum atomic E-state index is 0.195. The number of methoxy groups -OCH3 is 1. The minimum Gasteiger partial charge on any atom is -0.496 e. The number of hydrogen-bond acceptors (Lipinski definition) is 5. The molecule has 0 saturated heterocycles. The van der Waals surface area contributed by atoms with Crippen LogP contribution in [0.1, 0.15) is 17.3 Å². The van der Waals surface area contributed by atoms with Crippen LogP contribution in [0, 0.1) is 6.92 Å². The molecule has 1 aromatic heterocycles. The maximum Gasteiger partial charge on any atom is 0.187 e. The maximum absolute atomic E-state index is 5.42. The molecule has 1 N–H and O–H groups in total. The molecule has 4 nitrogen and oxygen atoms in total. The van der Waals surface area contributed by atoms with E-state index in [1.54, 1.807) is 25.1 Å². The van der Waals surface area contributed by atoms with Crippen molar-refractivity contribution in [1.29, 1.82) is 0 Å². The molecule has 0 spiro atoms. The van der Waals surface area contributed by atoms with Crippen LogP contribution in [0.4, 0.5) is 0 Å². The van der Waals surface area contributed by atoms with Crippen molar-refractivity contribution in [3.8, 4) is 5.75 Å². The van der Waals surface area contributed by atoms with Gasteiger partial charge >= 0.3 is 0 Å². The molecule has 0 aliphatic rings. The van der Waals surface area contributed by atoms with Gasteiger partial charge in [-0.3, -0.25) is 0 Å². The van der Waals surface area contributed by atoms with Gasteiger partial charge in [0.25, 0.3) is 0 Å². The first-order valence-electron chi connectivity index (χ1n) is 6.47. The predicted octanol–water partition coefficient (Wildman–Crippen LogP) is 2.85. The van der Waals surface area contributed by atoms with E-state index >= 15 is 0 Å². The molecular formula is C15H19N3OS. The summed E-state index contributed by atoms with van der Waals surface area (Å²) in [6.07, 6.45) is 1.79. The molecule has 0 bridgehead atoms. The van der Waals surface area contributed by atoms with Crippen LogP contribution in [-0.4, -0.2) is 29.9 Å². The molecule has 0 aliphatic heterocycles. The largest absolute Gasteiger partial charge is 0.496 e. The highest BCUT2D eigenvalue weighted by molar-refractivity contribution is 7.99. The SMILES string of the molecule is CNC(CSc1nccc(C)n1)c1ccccc1OC. The van der Waals surface area contributed by atoms with Crippen LogP contribution < -0.4 is 10.1 Å². The Morgan fingerprint density at radius 1 is 1.30 bits per heavy atom. The second kappa shape index (κ2) is 7.26. The van der Waals surface area contributed by atoms with Crippen LogP contribution in [0.3, 0.4) is 0 Å². The number of aryl methyl sites for hydroxylation is 1. The number of ether oxygens (including phenoxy) is 1. The fraction of sp³-hybridized carbons (Fsp3) is 0.333. The molecule has 5 heteroatoms. The van der Waals surface area contributed by atoms with Crippen molar-refractivity contribution in [2.24, 2.45) is 0 Å². The maximum atomic E-state index is 5.42. The zero-order chi connectivity index (χ0) is 14.4. The van der Waals surface area contributed by atoms with Crippen LogP contribution in [0.2, 0.25) is 0 Å². The molecule has 2 rings (SSSR count). The Morgan fingerprint density at radius 3 is 2.80 bits per heavy atom. The number of hydrogen-bond donors (Lipinski definition) is 1. The Bertz CT molecular complexity index is 562. The minimum absolute atomic E-state index is 0.195. The molecule has 2 aromatic rings. The first kappa shape index (κ1) is 14.8. The van der Waals surface area contributed by atoms with Gasteiger partial charge in [-0.1, -0.05) is 30.0 Å². The van der Waals surface area contributed by atoms with Gasteiger partial charge in [-0.15, -0.1) is 0 Å². The first-order valence-corrected chi connectivity index (χ1v) is 7.45. The van der Waals surface area contributed by atoms with Gasteiger partial charge in [-0.2, -0.15) is 0 Å². The third-order valence-corrected chi connectivity index (χ3v) is 3.97. The van der Waals surface area contributed by atoms with E-state index in [2.05, 4.69) is 21.4 Å². The monoisotopic (exact) mass is 289 g/mol. The van der Waals surface area contributed by atoms with Gasteiger partial charge in [0.15, 0.2) is 5.16 Å². The molecule has 1 heterocycles. The van der Waals surface area contributed by atoms with Gasteiger partial charge in [0.1, 0.15) is 5.75 Å². The van der Waals surface area contributed by atoms with E-state index in [1.165, 1.54) is 0 Å². The van der Waals surface area contributed by atoms with Crippen molar-refractivity contribution in [2.45, 2.75) is 18.1 Å². The van der Waals surface area contributed by atoms with Crippen molar-refractivity contribution >= 4 is 11.8 Å². The lowest BCUT2D eigenvalue weighted by Crippen LogP contribution is -2.19. The topological polar surface area (TPSA) is 47.0 Å². The predicted molar refractivity (Wildman–Crippen MR) is 82.3 cm³/mol. The summed E-state index contributed by atoms with van der Waals surface area (Å²) in [7, 11) is 3.65. The van der Waals surface area contributed by atoms with Gasteiger partial charge in [0.05, 0.1) is 7.11 Å². The Balaban J connectivity index is 2.09. The number of nitrogens with zero attached hydrogens (tertiary/aromatic N) is 2. The summed E-state index contributed by atoms with van der Waals surface area (Å²) >= 11 is 1.64. The Kier molecular flexibility index (Phi) is 5.38. The standard InChI is InChI=1S/C15H19N3OS/c1-11-8-9-17-15(18-11)20-10-13(16-2)12-6-4-5-7-14(12)19-3/h4-9,13,16H,10H2,1-3H3. The van der Waals surface area contributed by atoms with E-state index in [9.17, 15) is 0 Å². The quantitative estimate of drug-likeness (QED) is 0.654. The van der Waals surface area contributed by atoms with E-state index in [-0.39, 0.29) is 6.04 Å². The number of para-hydroxylation sites is 1. The molecule has 0 aliphatic carbocycles. The molecule has 1 atom stereocenters. The van der Waals surface area contributed by atoms with Gasteiger partial charge in [0.2, 0.25) is 0 Å². The van der Waals surface area contributed by atoms with E-state index in [0.29, 0.717) is 0 Å². The second-order valence-corrected chi connectivity index (χ2v) is 5.36. The fourth-order valence-electron chi connectivity index (χ4n) is 1.94. The van der Waals surface area contributed by atoms with E-state index in [1.807, 2.05) is 38.2 Å². The number of benzene rings is 1. The van der Waals surface area contributed by atoms with Crippen LogP contribution in [0.15, 0.2) is 41.7 Å². The van der Waals surface area contributed by atoms with Crippen molar-refractivity contribution in [3.05, 3.63) is 47.8 Å². The smallest absolute Gasteiger partial charge is 0.187 e. The second-order valence-electron chi connectivity index (χ2n) is 4.37. The summed E-state index contributed by atoms with van der Waals surface area (Å²) in [6.45, 7) is 1.97. The summed E-state index contributed by atoms with van der Waals surface area (Å²) < 4.78 is 5.42. The average molecular weight is 289 g/mol. The van der Waals surface area contributed by atoms with E-state index in [0.717, 1.165) is 27.9 Å². The van der Waals surface area contributed by atoms with Crippen LogP contribution in [-0.2, 0) is 0 Å². The Hall–Kier alpha value is -1.59. The molecule has 0 radical (unpaired) electrons. The highest BCUT2D eigenvalue weighted by atomic mass is 32.2. The fourth-order valence-corrected chi connectivity index (χ4v) is 2.94. The molecule has 20 heavy (non-hydrogen) atoms. The zero-order valence-electron chi connectivity index (χ0n) is 12.0. The summed E-state index contributed by atoms with van der Waals surface area (Å²) in [5.74, 6) is 1.75. The summed E-state index contributed by atoms with van der Waals surface area (Å²) in [5.41, 5.74) is 2.14. The van der Waals surface area contributed by atoms with Gasteiger partial charge < -0.3 is 10.1 Å². The summed E-state index contributed by atoms with van der Waals surface area (Å²) in [4.78, 5) is 8.68. The molecule has 0 fully saturated rings. The molecule has 106 valence electrons. The number of rotatable bonds is 6. The third-order valence-electron chi connectivity index (χ3n) is 3.01. The van der Waals surface area contributed by atoms with Crippen molar-refractivity contribution < 1.29 is 4.74 Å². The lowest BCUT2D eigenvalue weighted by Gasteiger charge is -2.18. The van der Waals surface area contributed by atoms with Gasteiger partial charge in [0, 0.05) is 29.2 Å². The molecule has 1 unspecified atom stereocenters. The normalized spacial score (nSPS) is 12.2. The lowest BCUT2D eigenvalue weighted by atomic mass is 10.1. The Morgan fingerprint density at radius 2 is 2.10 bits per heavy atom. The highest BCUT2D eigenvalue weighted by Gasteiger charge is 2.14. The van der Waals surface area contributed by atoms with E-state index < -0.39 is 0 Å². The molecule has 0 amide bonds. The van der Waals surface area contributed by atoms with Crippen molar-refractivity contribution in [1.82, 2.24) is 15.3 Å². The number of thioether (sulfide) groups is 1. The van der Waals surface area contributed by atoms with Crippen molar-refractivity contribution in [3.63, 3.8) is 0 Å².